The van der Waals surface area contributed by atoms with E-state index in [9.17, 15) is 14.7 Å². The molecule has 5 nitrogen and oxygen atoms in total. The van der Waals surface area contributed by atoms with Gasteiger partial charge in [-0.2, -0.15) is 0 Å². The quantitative estimate of drug-likeness (QED) is 0.807. The highest BCUT2D eigenvalue weighted by Crippen LogP contribution is 2.23. The Hall–Kier alpha value is -1.88. The highest BCUT2D eigenvalue weighted by Gasteiger charge is 2.35. The molecule has 1 saturated heterocycles. The molecule has 2 atom stereocenters. The lowest BCUT2D eigenvalue weighted by atomic mass is 9.82. The van der Waals surface area contributed by atoms with Crippen molar-refractivity contribution >= 4 is 11.9 Å². The third-order valence-corrected chi connectivity index (χ3v) is 4.33. The van der Waals surface area contributed by atoms with Gasteiger partial charge in [0.1, 0.15) is 5.41 Å². The number of carboxylic acid groups (broad SMARTS) is 1. The molecule has 2 rings (SSSR count). The Morgan fingerprint density at radius 3 is 2.68 bits per heavy atom. The zero-order chi connectivity index (χ0) is 16.0. The fourth-order valence-corrected chi connectivity index (χ4v) is 2.62. The molecule has 0 spiro atoms. The van der Waals surface area contributed by atoms with Crippen LogP contribution in [0.3, 0.4) is 0 Å². The Kier molecular flexibility index (Phi) is 5.55. The number of ether oxygens (including phenoxy) is 1. The van der Waals surface area contributed by atoms with Gasteiger partial charge in [0.15, 0.2) is 0 Å². The van der Waals surface area contributed by atoms with E-state index in [-0.39, 0.29) is 12.5 Å². The van der Waals surface area contributed by atoms with Crippen molar-refractivity contribution < 1.29 is 19.4 Å². The van der Waals surface area contributed by atoms with Gasteiger partial charge in [-0.1, -0.05) is 30.3 Å². The zero-order valence-electron chi connectivity index (χ0n) is 12.9. The van der Waals surface area contributed by atoms with E-state index in [1.54, 1.807) is 31.2 Å². The molecule has 1 aliphatic rings. The SMILES string of the molecule is CC(CNC(=O)CCC1CCOC1)(C(=O)O)c1ccccc1. The number of rotatable bonds is 7. The predicted octanol–water partition coefficient (Wildman–Crippen LogP) is 1.96. The van der Waals surface area contributed by atoms with Crippen LogP contribution in [-0.2, 0) is 19.7 Å². The van der Waals surface area contributed by atoms with E-state index in [4.69, 9.17) is 4.74 Å². The summed E-state index contributed by atoms with van der Waals surface area (Å²) in [5.41, 5.74) is -0.431. The molecule has 1 aromatic carbocycles. The molecule has 0 aromatic heterocycles. The molecule has 0 radical (unpaired) electrons. The predicted molar refractivity (Wildman–Crippen MR) is 82.6 cm³/mol. The molecule has 22 heavy (non-hydrogen) atoms. The molecule has 2 N–H and O–H groups in total. The maximum atomic E-state index is 12.0. The van der Waals surface area contributed by atoms with Crippen LogP contribution in [0.15, 0.2) is 30.3 Å². The minimum Gasteiger partial charge on any atom is -0.481 e. The van der Waals surface area contributed by atoms with Crippen LogP contribution in [0.5, 0.6) is 0 Å². The van der Waals surface area contributed by atoms with Crippen molar-refractivity contribution in [3.8, 4) is 0 Å². The lowest BCUT2D eigenvalue weighted by molar-refractivity contribution is -0.143. The Labute approximate surface area is 130 Å². The van der Waals surface area contributed by atoms with Crippen LogP contribution in [0.4, 0.5) is 0 Å². The lowest BCUT2D eigenvalue weighted by Crippen LogP contribution is -2.44. The summed E-state index contributed by atoms with van der Waals surface area (Å²) < 4.78 is 5.28. The number of carbonyl (C=O) groups is 2. The molecule has 2 unspecified atom stereocenters. The van der Waals surface area contributed by atoms with Gasteiger partial charge in [-0.3, -0.25) is 9.59 Å². The molecule has 5 heteroatoms. The summed E-state index contributed by atoms with van der Waals surface area (Å²) in [4.78, 5) is 23.6. The molecule has 120 valence electrons. The van der Waals surface area contributed by atoms with Crippen LogP contribution in [0, 0.1) is 5.92 Å². The summed E-state index contributed by atoms with van der Waals surface area (Å²) in [6.45, 7) is 3.23. The van der Waals surface area contributed by atoms with E-state index in [1.807, 2.05) is 6.07 Å². The van der Waals surface area contributed by atoms with Gasteiger partial charge in [0, 0.05) is 26.2 Å². The molecule has 0 saturated carbocycles. The monoisotopic (exact) mass is 305 g/mol. The highest BCUT2D eigenvalue weighted by atomic mass is 16.5. The van der Waals surface area contributed by atoms with Crippen LogP contribution in [0.25, 0.3) is 0 Å². The van der Waals surface area contributed by atoms with Crippen molar-refractivity contribution in [2.24, 2.45) is 5.92 Å². The van der Waals surface area contributed by atoms with Crippen molar-refractivity contribution in [1.82, 2.24) is 5.32 Å². The molecular formula is C17H23NO4. The first-order chi connectivity index (χ1) is 10.5. The van der Waals surface area contributed by atoms with E-state index >= 15 is 0 Å². The first-order valence-corrected chi connectivity index (χ1v) is 7.66. The highest BCUT2D eigenvalue weighted by molar-refractivity contribution is 5.83. The number of amides is 1. The number of hydrogen-bond donors (Lipinski definition) is 2. The number of hydrogen-bond acceptors (Lipinski definition) is 3. The third-order valence-electron chi connectivity index (χ3n) is 4.33. The normalized spacial score (nSPS) is 20.3. The van der Waals surface area contributed by atoms with Crippen molar-refractivity contribution in [2.45, 2.75) is 31.6 Å². The zero-order valence-corrected chi connectivity index (χ0v) is 12.9. The number of carbonyl (C=O) groups excluding carboxylic acids is 1. The summed E-state index contributed by atoms with van der Waals surface area (Å²) in [5.74, 6) is -0.593. The molecule has 1 heterocycles. The lowest BCUT2D eigenvalue weighted by Gasteiger charge is -2.25. The third kappa shape index (κ3) is 4.07. The van der Waals surface area contributed by atoms with Gasteiger partial charge >= 0.3 is 5.97 Å². The van der Waals surface area contributed by atoms with Gasteiger partial charge in [-0.05, 0) is 31.2 Å². The summed E-state index contributed by atoms with van der Waals surface area (Å²) in [6.07, 6.45) is 2.21. The van der Waals surface area contributed by atoms with Crippen LogP contribution in [-0.4, -0.2) is 36.7 Å². The summed E-state index contributed by atoms with van der Waals surface area (Å²) in [7, 11) is 0. The summed E-state index contributed by atoms with van der Waals surface area (Å²) in [6, 6.07) is 9.00. The second-order valence-corrected chi connectivity index (χ2v) is 6.05. The van der Waals surface area contributed by atoms with Crippen LogP contribution in [0.2, 0.25) is 0 Å². The average Bonchev–Trinajstić information content (AvgIpc) is 3.04. The summed E-state index contributed by atoms with van der Waals surface area (Å²) >= 11 is 0. The van der Waals surface area contributed by atoms with Gasteiger partial charge in [0.25, 0.3) is 0 Å². The average molecular weight is 305 g/mol. The maximum absolute atomic E-state index is 12.0. The molecule has 1 aromatic rings. The maximum Gasteiger partial charge on any atom is 0.315 e. The first kappa shape index (κ1) is 16.5. The van der Waals surface area contributed by atoms with Gasteiger partial charge in [0.2, 0.25) is 5.91 Å². The first-order valence-electron chi connectivity index (χ1n) is 7.66. The number of benzene rings is 1. The van der Waals surface area contributed by atoms with Gasteiger partial charge in [-0.15, -0.1) is 0 Å². The van der Waals surface area contributed by atoms with E-state index in [1.165, 1.54) is 0 Å². The van der Waals surface area contributed by atoms with E-state index in [0.717, 1.165) is 26.1 Å². The van der Waals surface area contributed by atoms with Crippen molar-refractivity contribution in [3.05, 3.63) is 35.9 Å². The Bertz CT molecular complexity index is 511. The minimum atomic E-state index is -1.12. The largest absolute Gasteiger partial charge is 0.481 e. The number of nitrogens with one attached hydrogen (secondary N) is 1. The van der Waals surface area contributed by atoms with E-state index in [2.05, 4.69) is 5.32 Å². The fraction of sp³-hybridized carbons (Fsp3) is 0.529. The van der Waals surface area contributed by atoms with E-state index in [0.29, 0.717) is 17.9 Å². The molecular weight excluding hydrogens is 282 g/mol. The minimum absolute atomic E-state index is 0.0896. The fourth-order valence-electron chi connectivity index (χ4n) is 2.62. The van der Waals surface area contributed by atoms with Crippen LogP contribution < -0.4 is 5.32 Å². The second-order valence-electron chi connectivity index (χ2n) is 6.05. The smallest absolute Gasteiger partial charge is 0.315 e. The topological polar surface area (TPSA) is 75.6 Å². The summed E-state index contributed by atoms with van der Waals surface area (Å²) in [5, 5.41) is 12.3. The van der Waals surface area contributed by atoms with Gasteiger partial charge in [-0.25, -0.2) is 0 Å². The van der Waals surface area contributed by atoms with Crippen LogP contribution in [0.1, 0.15) is 31.7 Å². The van der Waals surface area contributed by atoms with Crippen molar-refractivity contribution in [3.63, 3.8) is 0 Å². The molecule has 1 aliphatic heterocycles. The Morgan fingerprint density at radius 2 is 2.09 bits per heavy atom. The Morgan fingerprint density at radius 1 is 1.36 bits per heavy atom. The molecule has 1 fully saturated rings. The molecule has 1 amide bonds. The molecule has 0 bridgehead atoms. The second kappa shape index (κ2) is 7.40. The van der Waals surface area contributed by atoms with E-state index < -0.39 is 11.4 Å². The van der Waals surface area contributed by atoms with Crippen molar-refractivity contribution in [1.29, 1.82) is 0 Å². The Balaban J connectivity index is 1.88. The van der Waals surface area contributed by atoms with Crippen LogP contribution >= 0.6 is 0 Å². The van der Waals surface area contributed by atoms with Gasteiger partial charge in [0.05, 0.1) is 0 Å². The molecule has 0 aliphatic carbocycles. The number of carboxylic acids is 1. The standard InChI is InChI=1S/C17H23NO4/c1-17(16(20)21,14-5-3-2-4-6-14)12-18-15(19)8-7-13-9-10-22-11-13/h2-6,13H,7-12H2,1H3,(H,18,19)(H,20,21). The van der Waals surface area contributed by atoms with Crippen molar-refractivity contribution in [2.75, 3.05) is 19.8 Å². The number of aliphatic carboxylic acids is 1. The van der Waals surface area contributed by atoms with Gasteiger partial charge < -0.3 is 15.2 Å².